The molecule has 3 aromatic rings. The third kappa shape index (κ3) is 5.55. The standard InChI is InChI=1S/C22H21ClN2O5/c1-3-28-19-10-8-15(12-21(19)27-2)13-24-25-22(26)20-11-9-16(30-20)14-29-18-7-5-4-6-17(18)23/h4-13H,3,14H2,1-2H3,(H,25,26)/b24-13-. The molecule has 0 saturated carbocycles. The third-order valence-corrected chi connectivity index (χ3v) is 4.27. The lowest BCUT2D eigenvalue weighted by Crippen LogP contribution is -2.16. The molecule has 0 unspecified atom stereocenters. The molecule has 0 aliphatic heterocycles. The molecule has 0 bridgehead atoms. The van der Waals surface area contributed by atoms with Crippen LogP contribution in [0.15, 0.2) is 64.1 Å². The number of benzene rings is 2. The second kappa shape index (κ2) is 10.4. The average molecular weight is 429 g/mol. The summed E-state index contributed by atoms with van der Waals surface area (Å²) in [6.45, 7) is 2.58. The van der Waals surface area contributed by atoms with Gasteiger partial charge >= 0.3 is 5.91 Å². The van der Waals surface area contributed by atoms with Crippen LogP contribution in [0.1, 0.15) is 28.8 Å². The van der Waals surface area contributed by atoms with Gasteiger partial charge in [-0.05, 0) is 55.0 Å². The minimum absolute atomic E-state index is 0.120. The van der Waals surface area contributed by atoms with Gasteiger partial charge in [0.25, 0.3) is 0 Å². The molecule has 1 heterocycles. The smallest absolute Gasteiger partial charge is 0.307 e. The normalized spacial score (nSPS) is 10.8. The number of para-hydroxylation sites is 1. The number of hydrogen-bond donors (Lipinski definition) is 1. The molecule has 30 heavy (non-hydrogen) atoms. The molecular weight excluding hydrogens is 408 g/mol. The zero-order valence-electron chi connectivity index (χ0n) is 16.6. The van der Waals surface area contributed by atoms with Gasteiger partial charge in [0.1, 0.15) is 18.1 Å². The summed E-state index contributed by atoms with van der Waals surface area (Å²) in [4.78, 5) is 12.2. The summed E-state index contributed by atoms with van der Waals surface area (Å²) in [5, 5.41) is 4.46. The molecule has 3 rings (SSSR count). The van der Waals surface area contributed by atoms with E-state index in [1.807, 2.05) is 19.1 Å². The van der Waals surface area contributed by atoms with Gasteiger partial charge in [-0.15, -0.1) is 0 Å². The highest BCUT2D eigenvalue weighted by Gasteiger charge is 2.11. The van der Waals surface area contributed by atoms with Gasteiger partial charge in [-0.1, -0.05) is 23.7 Å². The second-order valence-electron chi connectivity index (χ2n) is 6.03. The van der Waals surface area contributed by atoms with Gasteiger partial charge in [-0.2, -0.15) is 5.10 Å². The Morgan fingerprint density at radius 1 is 1.10 bits per heavy atom. The Bertz CT molecular complexity index is 1030. The Kier molecular flexibility index (Phi) is 7.34. The van der Waals surface area contributed by atoms with E-state index in [2.05, 4.69) is 10.5 Å². The highest BCUT2D eigenvalue weighted by molar-refractivity contribution is 6.32. The molecule has 1 aromatic heterocycles. The van der Waals surface area contributed by atoms with Crippen molar-refractivity contribution in [1.29, 1.82) is 0 Å². The van der Waals surface area contributed by atoms with Crippen LogP contribution in [-0.4, -0.2) is 25.8 Å². The Labute approximate surface area is 179 Å². The van der Waals surface area contributed by atoms with Gasteiger partial charge < -0.3 is 18.6 Å². The summed E-state index contributed by atoms with van der Waals surface area (Å²) < 4.78 is 21.9. The molecule has 156 valence electrons. The van der Waals surface area contributed by atoms with E-state index in [1.54, 1.807) is 49.6 Å². The lowest BCUT2D eigenvalue weighted by molar-refractivity contribution is 0.0923. The minimum Gasteiger partial charge on any atom is -0.493 e. The van der Waals surface area contributed by atoms with Crippen molar-refractivity contribution in [2.24, 2.45) is 5.10 Å². The Morgan fingerprint density at radius 2 is 1.93 bits per heavy atom. The molecule has 0 spiro atoms. The second-order valence-corrected chi connectivity index (χ2v) is 6.43. The number of halogens is 1. The number of carbonyl (C=O) groups excluding carboxylic acids is 1. The number of nitrogens with one attached hydrogen (secondary N) is 1. The van der Waals surface area contributed by atoms with E-state index in [1.165, 1.54) is 6.21 Å². The van der Waals surface area contributed by atoms with Crippen molar-refractivity contribution in [2.45, 2.75) is 13.5 Å². The first-order valence-corrected chi connectivity index (χ1v) is 9.58. The summed E-state index contributed by atoms with van der Waals surface area (Å²) in [6.07, 6.45) is 1.50. The monoisotopic (exact) mass is 428 g/mol. The number of hydrazone groups is 1. The van der Waals surface area contributed by atoms with Crippen LogP contribution in [0.3, 0.4) is 0 Å². The van der Waals surface area contributed by atoms with Crippen LogP contribution in [0.25, 0.3) is 0 Å². The minimum atomic E-state index is -0.479. The third-order valence-electron chi connectivity index (χ3n) is 3.96. The van der Waals surface area contributed by atoms with Crippen molar-refractivity contribution in [3.8, 4) is 17.2 Å². The van der Waals surface area contributed by atoms with Crippen LogP contribution in [-0.2, 0) is 6.61 Å². The number of nitrogens with zero attached hydrogens (tertiary/aromatic N) is 1. The predicted molar refractivity (Wildman–Crippen MR) is 114 cm³/mol. The van der Waals surface area contributed by atoms with Gasteiger partial charge in [-0.25, -0.2) is 5.43 Å². The summed E-state index contributed by atoms with van der Waals surface area (Å²) in [5.74, 6) is 1.89. The fourth-order valence-electron chi connectivity index (χ4n) is 2.55. The van der Waals surface area contributed by atoms with E-state index >= 15 is 0 Å². The molecule has 1 amide bonds. The molecule has 0 radical (unpaired) electrons. The van der Waals surface area contributed by atoms with Gasteiger partial charge in [0, 0.05) is 0 Å². The van der Waals surface area contributed by atoms with E-state index < -0.39 is 5.91 Å². The van der Waals surface area contributed by atoms with Crippen LogP contribution >= 0.6 is 11.6 Å². The number of hydrogen-bond acceptors (Lipinski definition) is 6. The van der Waals surface area contributed by atoms with Gasteiger partial charge in [-0.3, -0.25) is 4.79 Å². The molecule has 0 saturated heterocycles. The summed E-state index contributed by atoms with van der Waals surface area (Å²) >= 11 is 6.05. The maximum absolute atomic E-state index is 12.2. The van der Waals surface area contributed by atoms with Crippen molar-refractivity contribution in [3.05, 3.63) is 76.7 Å². The molecule has 8 heteroatoms. The molecule has 7 nitrogen and oxygen atoms in total. The first kappa shape index (κ1) is 21.3. The number of rotatable bonds is 9. The van der Waals surface area contributed by atoms with Gasteiger partial charge in [0.15, 0.2) is 17.3 Å². The molecule has 0 aliphatic carbocycles. The van der Waals surface area contributed by atoms with E-state index in [-0.39, 0.29) is 12.4 Å². The largest absolute Gasteiger partial charge is 0.493 e. The highest BCUT2D eigenvalue weighted by Crippen LogP contribution is 2.27. The fraction of sp³-hybridized carbons (Fsp3) is 0.182. The van der Waals surface area contributed by atoms with Crippen molar-refractivity contribution in [2.75, 3.05) is 13.7 Å². The summed E-state index contributed by atoms with van der Waals surface area (Å²) in [7, 11) is 1.56. The Morgan fingerprint density at radius 3 is 2.70 bits per heavy atom. The summed E-state index contributed by atoms with van der Waals surface area (Å²) in [6, 6.07) is 15.7. The molecule has 0 fully saturated rings. The number of carbonyl (C=O) groups is 1. The van der Waals surface area contributed by atoms with E-state index in [4.69, 9.17) is 30.2 Å². The molecule has 1 N–H and O–H groups in total. The Balaban J connectivity index is 1.56. The molecule has 0 aliphatic rings. The Hall–Kier alpha value is -3.45. The van der Waals surface area contributed by atoms with Crippen LogP contribution in [0.4, 0.5) is 0 Å². The average Bonchev–Trinajstić information content (AvgIpc) is 3.23. The predicted octanol–water partition coefficient (Wildman–Crippen LogP) is 4.68. The quantitative estimate of drug-likeness (QED) is 0.395. The number of ether oxygens (including phenoxy) is 3. The van der Waals surface area contributed by atoms with Crippen LogP contribution < -0.4 is 19.6 Å². The van der Waals surface area contributed by atoms with E-state index in [0.29, 0.717) is 34.6 Å². The van der Waals surface area contributed by atoms with E-state index in [0.717, 1.165) is 5.56 Å². The zero-order chi connectivity index (χ0) is 21.3. The van der Waals surface area contributed by atoms with Crippen molar-refractivity contribution >= 4 is 23.7 Å². The first-order valence-electron chi connectivity index (χ1n) is 9.21. The highest BCUT2D eigenvalue weighted by atomic mass is 35.5. The van der Waals surface area contributed by atoms with Gasteiger partial charge in [0.05, 0.1) is 25.0 Å². The van der Waals surface area contributed by atoms with Crippen LogP contribution in [0.2, 0.25) is 5.02 Å². The molecule has 2 aromatic carbocycles. The number of amides is 1. The maximum atomic E-state index is 12.2. The fourth-order valence-corrected chi connectivity index (χ4v) is 2.74. The lowest BCUT2D eigenvalue weighted by atomic mass is 10.2. The summed E-state index contributed by atoms with van der Waals surface area (Å²) in [5.41, 5.74) is 3.16. The van der Waals surface area contributed by atoms with Crippen molar-refractivity contribution in [3.63, 3.8) is 0 Å². The van der Waals surface area contributed by atoms with Crippen LogP contribution in [0, 0.1) is 0 Å². The first-order chi connectivity index (χ1) is 14.6. The van der Waals surface area contributed by atoms with Gasteiger partial charge in [0.2, 0.25) is 0 Å². The topological polar surface area (TPSA) is 82.3 Å². The van der Waals surface area contributed by atoms with Crippen molar-refractivity contribution < 1.29 is 23.4 Å². The number of furan rings is 1. The zero-order valence-corrected chi connectivity index (χ0v) is 17.3. The lowest BCUT2D eigenvalue weighted by Gasteiger charge is -2.09. The SMILES string of the molecule is CCOc1ccc(/C=N\NC(=O)c2ccc(COc3ccccc3Cl)o2)cc1OC. The maximum Gasteiger partial charge on any atom is 0.307 e. The van der Waals surface area contributed by atoms with E-state index in [9.17, 15) is 4.79 Å². The van der Waals surface area contributed by atoms with Crippen LogP contribution in [0.5, 0.6) is 17.2 Å². The molecular formula is C22H21ClN2O5. The number of methoxy groups -OCH3 is 1. The molecule has 0 atom stereocenters. The van der Waals surface area contributed by atoms with Crippen molar-refractivity contribution in [1.82, 2.24) is 5.43 Å².